The molecule has 0 aromatic heterocycles. The summed E-state index contributed by atoms with van der Waals surface area (Å²) in [6.07, 6.45) is 1.37. The largest absolute Gasteiger partial charge is 0.480 e. The summed E-state index contributed by atoms with van der Waals surface area (Å²) in [5.74, 6) is -2.55. The van der Waals surface area contributed by atoms with Crippen LogP contribution in [-0.2, 0) is 19.2 Å². The van der Waals surface area contributed by atoms with Crippen LogP contribution in [0.2, 0.25) is 0 Å². The normalized spacial score (nSPS) is 16.3. The Morgan fingerprint density at radius 3 is 1.77 bits per heavy atom. The van der Waals surface area contributed by atoms with Crippen LogP contribution in [0, 0.1) is 17.8 Å². The molecule has 0 bridgehead atoms. The van der Waals surface area contributed by atoms with Gasteiger partial charge in [0.2, 0.25) is 17.7 Å². The Balaban J connectivity index is 5.15. The average molecular weight is 429 g/mol. The first-order chi connectivity index (χ1) is 13.8. The fraction of sp³-hybridized carbons (Fsp3) is 0.810. The van der Waals surface area contributed by atoms with Crippen molar-refractivity contribution in [3.05, 3.63) is 0 Å². The van der Waals surface area contributed by atoms with Gasteiger partial charge in [-0.2, -0.15) is 0 Å². The number of carboxylic acids is 1. The molecule has 0 heterocycles. The second-order valence-electron chi connectivity index (χ2n) is 8.87. The standard InChI is InChI=1S/C21H40N4O5/c1-8-13(6)17(20(28)24-16(21(29)30)10-12(4)5)25-18(26)14(7)23-19(27)15(22)9-11(2)3/h11-17H,8-10,22H2,1-7H3,(H,23,27)(H,24,28)(H,25,26)(H,29,30). The lowest BCUT2D eigenvalue weighted by Gasteiger charge is -2.27. The van der Waals surface area contributed by atoms with Gasteiger partial charge in [-0.05, 0) is 37.5 Å². The van der Waals surface area contributed by atoms with Gasteiger partial charge in [0.15, 0.2) is 0 Å². The lowest BCUT2D eigenvalue weighted by molar-refractivity contribution is -0.143. The molecule has 3 amide bonds. The topological polar surface area (TPSA) is 151 Å². The summed E-state index contributed by atoms with van der Waals surface area (Å²) >= 11 is 0. The van der Waals surface area contributed by atoms with Crippen molar-refractivity contribution in [1.82, 2.24) is 16.0 Å². The minimum absolute atomic E-state index is 0.0772. The minimum atomic E-state index is -1.12. The van der Waals surface area contributed by atoms with Crippen LogP contribution in [0.3, 0.4) is 0 Å². The molecule has 0 rings (SSSR count). The van der Waals surface area contributed by atoms with Crippen LogP contribution in [0.25, 0.3) is 0 Å². The second kappa shape index (κ2) is 13.2. The van der Waals surface area contributed by atoms with Gasteiger partial charge in [-0.3, -0.25) is 14.4 Å². The number of hydrogen-bond acceptors (Lipinski definition) is 5. The molecule has 9 nitrogen and oxygen atoms in total. The van der Waals surface area contributed by atoms with Crippen LogP contribution in [0.1, 0.15) is 67.7 Å². The number of carbonyl (C=O) groups excluding carboxylic acids is 3. The summed E-state index contributed by atoms with van der Waals surface area (Å²) in [5, 5.41) is 17.1. The molecule has 0 radical (unpaired) electrons. The lowest BCUT2D eigenvalue weighted by Crippen LogP contribution is -2.58. The second-order valence-corrected chi connectivity index (χ2v) is 8.87. The predicted octanol–water partition coefficient (Wildman–Crippen LogP) is 1.01. The van der Waals surface area contributed by atoms with Crippen LogP contribution in [-0.4, -0.2) is 53.0 Å². The Morgan fingerprint density at radius 1 is 0.800 bits per heavy atom. The Morgan fingerprint density at radius 2 is 1.33 bits per heavy atom. The molecular weight excluding hydrogens is 388 g/mol. The number of rotatable bonds is 13. The SMILES string of the molecule is CCC(C)C(NC(=O)C(C)NC(=O)C(N)CC(C)C)C(=O)NC(CC(C)C)C(=O)O. The molecular formula is C21H40N4O5. The number of nitrogens with one attached hydrogen (secondary N) is 3. The fourth-order valence-corrected chi connectivity index (χ4v) is 2.94. The molecule has 0 saturated heterocycles. The average Bonchev–Trinajstić information content (AvgIpc) is 2.63. The van der Waals surface area contributed by atoms with Gasteiger partial charge in [0.05, 0.1) is 6.04 Å². The van der Waals surface area contributed by atoms with Crippen LogP contribution in [0.4, 0.5) is 0 Å². The summed E-state index contributed by atoms with van der Waals surface area (Å²) in [6, 6.07) is -3.56. The first kappa shape index (κ1) is 27.8. The van der Waals surface area contributed by atoms with E-state index in [1.54, 1.807) is 6.92 Å². The highest BCUT2D eigenvalue weighted by molar-refractivity contribution is 5.94. The highest BCUT2D eigenvalue weighted by Crippen LogP contribution is 2.11. The van der Waals surface area contributed by atoms with E-state index in [2.05, 4.69) is 16.0 Å². The Kier molecular flexibility index (Phi) is 12.3. The highest BCUT2D eigenvalue weighted by atomic mass is 16.4. The number of carboxylic acid groups (broad SMARTS) is 1. The maximum Gasteiger partial charge on any atom is 0.326 e. The van der Waals surface area contributed by atoms with Crippen LogP contribution in [0.15, 0.2) is 0 Å². The van der Waals surface area contributed by atoms with Gasteiger partial charge in [0.1, 0.15) is 18.1 Å². The number of aliphatic carboxylic acids is 1. The van der Waals surface area contributed by atoms with E-state index in [4.69, 9.17) is 5.73 Å². The number of carbonyl (C=O) groups is 4. The summed E-state index contributed by atoms with van der Waals surface area (Å²) in [6.45, 7) is 12.8. The third-order valence-electron chi connectivity index (χ3n) is 4.93. The van der Waals surface area contributed by atoms with E-state index >= 15 is 0 Å². The summed E-state index contributed by atoms with van der Waals surface area (Å²) < 4.78 is 0. The van der Waals surface area contributed by atoms with E-state index in [1.807, 2.05) is 34.6 Å². The predicted molar refractivity (Wildman–Crippen MR) is 115 cm³/mol. The van der Waals surface area contributed by atoms with Crippen molar-refractivity contribution in [2.45, 2.75) is 91.9 Å². The molecule has 0 saturated carbocycles. The van der Waals surface area contributed by atoms with E-state index in [0.717, 1.165) is 0 Å². The first-order valence-electron chi connectivity index (χ1n) is 10.7. The molecule has 174 valence electrons. The Labute approximate surface area is 179 Å². The molecule has 0 aliphatic heterocycles. The Bertz CT molecular complexity index is 594. The van der Waals surface area contributed by atoms with E-state index in [-0.39, 0.29) is 24.2 Å². The number of nitrogens with two attached hydrogens (primary N) is 1. The van der Waals surface area contributed by atoms with Gasteiger partial charge in [0, 0.05) is 0 Å². The zero-order valence-electron chi connectivity index (χ0n) is 19.3. The van der Waals surface area contributed by atoms with Gasteiger partial charge in [-0.25, -0.2) is 4.79 Å². The third-order valence-corrected chi connectivity index (χ3v) is 4.93. The molecule has 0 aliphatic carbocycles. The lowest BCUT2D eigenvalue weighted by atomic mass is 9.96. The van der Waals surface area contributed by atoms with Crippen LogP contribution < -0.4 is 21.7 Å². The molecule has 5 unspecified atom stereocenters. The summed E-state index contributed by atoms with van der Waals surface area (Å²) in [7, 11) is 0. The van der Waals surface area contributed by atoms with E-state index in [9.17, 15) is 24.3 Å². The molecule has 0 aromatic carbocycles. The monoisotopic (exact) mass is 428 g/mol. The van der Waals surface area contributed by atoms with Crippen molar-refractivity contribution < 1.29 is 24.3 Å². The smallest absolute Gasteiger partial charge is 0.326 e. The van der Waals surface area contributed by atoms with E-state index in [0.29, 0.717) is 12.8 Å². The van der Waals surface area contributed by atoms with Crippen molar-refractivity contribution in [1.29, 1.82) is 0 Å². The number of amides is 3. The summed E-state index contributed by atoms with van der Waals surface area (Å²) in [4.78, 5) is 49.0. The van der Waals surface area contributed by atoms with E-state index in [1.165, 1.54) is 6.92 Å². The van der Waals surface area contributed by atoms with Crippen LogP contribution >= 0.6 is 0 Å². The number of hydrogen-bond donors (Lipinski definition) is 5. The van der Waals surface area contributed by atoms with Crippen molar-refractivity contribution >= 4 is 23.7 Å². The third kappa shape index (κ3) is 10.0. The van der Waals surface area contributed by atoms with Crippen molar-refractivity contribution in [3.8, 4) is 0 Å². The molecule has 6 N–H and O–H groups in total. The minimum Gasteiger partial charge on any atom is -0.480 e. The van der Waals surface area contributed by atoms with Gasteiger partial charge in [0.25, 0.3) is 0 Å². The molecule has 9 heteroatoms. The van der Waals surface area contributed by atoms with Crippen molar-refractivity contribution in [3.63, 3.8) is 0 Å². The first-order valence-corrected chi connectivity index (χ1v) is 10.7. The molecule has 0 aromatic rings. The Hall–Kier alpha value is -2.16. The highest BCUT2D eigenvalue weighted by Gasteiger charge is 2.31. The quantitative estimate of drug-likeness (QED) is 0.295. The van der Waals surface area contributed by atoms with Gasteiger partial charge < -0.3 is 26.8 Å². The van der Waals surface area contributed by atoms with Crippen LogP contribution in [0.5, 0.6) is 0 Å². The molecule has 0 fully saturated rings. The zero-order valence-corrected chi connectivity index (χ0v) is 19.3. The molecule has 30 heavy (non-hydrogen) atoms. The molecule has 0 aliphatic rings. The van der Waals surface area contributed by atoms with E-state index < -0.39 is 47.9 Å². The van der Waals surface area contributed by atoms with Gasteiger partial charge in [-0.15, -0.1) is 0 Å². The summed E-state index contributed by atoms with van der Waals surface area (Å²) in [5.41, 5.74) is 5.85. The maximum atomic E-state index is 12.8. The van der Waals surface area contributed by atoms with Crippen molar-refractivity contribution in [2.75, 3.05) is 0 Å². The molecule has 5 atom stereocenters. The van der Waals surface area contributed by atoms with Crippen molar-refractivity contribution in [2.24, 2.45) is 23.5 Å². The fourth-order valence-electron chi connectivity index (χ4n) is 2.94. The van der Waals surface area contributed by atoms with Gasteiger partial charge in [-0.1, -0.05) is 48.0 Å². The maximum absolute atomic E-state index is 12.8. The zero-order chi connectivity index (χ0) is 23.6. The molecule has 0 spiro atoms. The van der Waals surface area contributed by atoms with Gasteiger partial charge >= 0.3 is 5.97 Å².